The Labute approximate surface area is 208 Å². The molecule has 0 amide bonds. The molecule has 0 bridgehead atoms. The summed E-state index contributed by atoms with van der Waals surface area (Å²) in [5.74, 6) is 0. The zero-order valence-electron chi connectivity index (χ0n) is 21.2. The van der Waals surface area contributed by atoms with Gasteiger partial charge in [-0.25, -0.2) is 0 Å². The van der Waals surface area contributed by atoms with Crippen molar-refractivity contribution < 1.29 is 16.5 Å². The maximum absolute atomic E-state index is 6.39. The summed E-state index contributed by atoms with van der Waals surface area (Å²) in [4.78, 5) is 0. The van der Waals surface area contributed by atoms with Gasteiger partial charge in [-0.05, 0) is 0 Å². The average molecular weight is 753 g/mol. The Morgan fingerprint density at radius 3 is 1.10 bits per heavy atom. The number of hydrogen-bond donors (Lipinski definition) is 0. The van der Waals surface area contributed by atoms with Gasteiger partial charge in [0.2, 0.25) is 0 Å². The summed E-state index contributed by atoms with van der Waals surface area (Å²) in [5, 5.41) is 0. The average Bonchev–Trinajstić information content (AvgIpc) is 2.52. The van der Waals surface area contributed by atoms with Crippen molar-refractivity contribution in [3.63, 3.8) is 0 Å². The predicted octanol–water partition coefficient (Wildman–Crippen LogP) is 4.71. The molecule has 0 N–H and O–H groups in total. The monoisotopic (exact) mass is 756 g/mol. The molecule has 1 heterocycles. The van der Waals surface area contributed by atoms with Crippen molar-refractivity contribution in [2.75, 3.05) is 26.4 Å². The Morgan fingerprint density at radius 1 is 0.533 bits per heavy atom. The van der Waals surface area contributed by atoms with Crippen molar-refractivity contribution in [1.82, 2.24) is 0 Å². The summed E-state index contributed by atoms with van der Waals surface area (Å²) >= 11 is -10.7. The quantitative estimate of drug-likeness (QED) is 0.334. The van der Waals surface area contributed by atoms with Crippen LogP contribution in [0.3, 0.4) is 0 Å². The second-order valence-corrected chi connectivity index (χ2v) is 35.2. The fourth-order valence-electron chi connectivity index (χ4n) is 1.77. The molecule has 1 fully saturated rings. The predicted molar refractivity (Wildman–Crippen MR) is 122 cm³/mol. The van der Waals surface area contributed by atoms with E-state index in [1.807, 2.05) is 0 Å². The first-order valence-corrected chi connectivity index (χ1v) is 22.3. The van der Waals surface area contributed by atoms with Gasteiger partial charge >= 0.3 is 210 Å². The van der Waals surface area contributed by atoms with E-state index in [9.17, 15) is 0 Å². The molecular formula is C20H44O7Sn3. The molecule has 1 rings (SSSR count). The second-order valence-electron chi connectivity index (χ2n) is 12.7. The van der Waals surface area contributed by atoms with Crippen molar-refractivity contribution in [2.45, 2.75) is 83.1 Å². The normalized spacial score (nSPS) is 20.0. The minimum absolute atomic E-state index is 0.0189. The third-order valence-electron chi connectivity index (χ3n) is 3.19. The minimum atomic E-state index is -4.35. The van der Waals surface area contributed by atoms with Gasteiger partial charge in [0, 0.05) is 0 Å². The number of hydrogen-bond acceptors (Lipinski definition) is 7. The molecule has 0 atom stereocenters. The van der Waals surface area contributed by atoms with E-state index in [0.29, 0.717) is 26.4 Å². The maximum atomic E-state index is 6.39. The van der Waals surface area contributed by atoms with E-state index in [2.05, 4.69) is 83.1 Å². The SMILES string of the molecule is CC(C)(C)C[O][Sn]1[O][Sn]([O]CC(C)(C)C)[O][Sn]([O]CC(C)(C)C)([O]CC(C)(C)C)[O]1. The molecule has 0 spiro atoms. The Balaban J connectivity index is 3.06. The van der Waals surface area contributed by atoms with Gasteiger partial charge in [0.25, 0.3) is 0 Å². The standard InChI is InChI=1S/4C5H11O.3O.3Sn/c4*1-5(2,3)4-6;;;;;;/h4*4H2,1-3H3;;;;;;/q4*-1;;;;2*+1;+2. The zero-order chi connectivity index (χ0) is 23.4. The first-order valence-electron chi connectivity index (χ1n) is 10.6. The van der Waals surface area contributed by atoms with Crippen LogP contribution in [0.5, 0.6) is 0 Å². The Bertz CT molecular complexity index is 472. The van der Waals surface area contributed by atoms with E-state index >= 15 is 0 Å². The summed E-state index contributed by atoms with van der Waals surface area (Å²) in [6, 6.07) is 0. The fraction of sp³-hybridized carbons (Fsp3) is 1.00. The number of rotatable bonds is 8. The second kappa shape index (κ2) is 11.7. The van der Waals surface area contributed by atoms with Gasteiger partial charge in [0.15, 0.2) is 0 Å². The van der Waals surface area contributed by atoms with Crippen LogP contribution in [0.25, 0.3) is 0 Å². The van der Waals surface area contributed by atoms with Crippen LogP contribution in [-0.2, 0) is 16.5 Å². The molecule has 0 aromatic rings. The van der Waals surface area contributed by atoms with Gasteiger partial charge in [-0.15, -0.1) is 0 Å². The third-order valence-corrected chi connectivity index (χ3v) is 33.9. The van der Waals surface area contributed by atoms with Crippen molar-refractivity contribution in [2.24, 2.45) is 21.7 Å². The summed E-state index contributed by atoms with van der Waals surface area (Å²) in [6.07, 6.45) is 0. The molecule has 1 saturated heterocycles. The summed E-state index contributed by atoms with van der Waals surface area (Å²) in [5.41, 5.74) is -0.0343. The van der Waals surface area contributed by atoms with Gasteiger partial charge in [-0.3, -0.25) is 0 Å². The topological polar surface area (TPSA) is 64.6 Å². The van der Waals surface area contributed by atoms with E-state index in [4.69, 9.17) is 16.5 Å². The first-order chi connectivity index (χ1) is 13.3. The molecule has 7 nitrogen and oxygen atoms in total. The Hall–Kier alpha value is 2.12. The van der Waals surface area contributed by atoms with Gasteiger partial charge in [-0.1, -0.05) is 0 Å². The van der Waals surface area contributed by atoms with Crippen LogP contribution in [0.1, 0.15) is 83.1 Å². The first kappa shape index (κ1) is 30.1. The summed E-state index contributed by atoms with van der Waals surface area (Å²) in [7, 11) is 0. The fourth-order valence-corrected chi connectivity index (χ4v) is 49.8. The van der Waals surface area contributed by atoms with Crippen LogP contribution < -0.4 is 0 Å². The van der Waals surface area contributed by atoms with Crippen molar-refractivity contribution in [3.05, 3.63) is 0 Å². The van der Waals surface area contributed by atoms with E-state index in [1.54, 1.807) is 0 Å². The molecule has 10 heteroatoms. The van der Waals surface area contributed by atoms with E-state index in [-0.39, 0.29) is 21.7 Å². The molecule has 0 saturated carbocycles. The molecular weight excluding hydrogens is 708 g/mol. The van der Waals surface area contributed by atoms with Crippen molar-refractivity contribution in [1.29, 1.82) is 0 Å². The Morgan fingerprint density at radius 2 is 0.833 bits per heavy atom. The Kier molecular flexibility index (Phi) is 11.8. The van der Waals surface area contributed by atoms with Crippen LogP contribution in [0.4, 0.5) is 0 Å². The van der Waals surface area contributed by atoms with E-state index in [1.165, 1.54) is 0 Å². The van der Waals surface area contributed by atoms with Gasteiger partial charge in [0.05, 0.1) is 0 Å². The van der Waals surface area contributed by atoms with Crippen LogP contribution in [0.15, 0.2) is 0 Å². The van der Waals surface area contributed by atoms with Gasteiger partial charge in [0.1, 0.15) is 0 Å². The molecule has 0 aliphatic carbocycles. The van der Waals surface area contributed by atoms with Gasteiger partial charge in [-0.2, -0.15) is 0 Å². The summed E-state index contributed by atoms with van der Waals surface area (Å²) in [6.45, 7) is 27.7. The molecule has 2 radical (unpaired) electrons. The van der Waals surface area contributed by atoms with Crippen LogP contribution in [-0.4, -0.2) is 88.5 Å². The van der Waals surface area contributed by atoms with E-state index < -0.39 is 62.0 Å². The van der Waals surface area contributed by atoms with Crippen LogP contribution >= 0.6 is 0 Å². The third kappa shape index (κ3) is 14.4. The zero-order valence-corrected chi connectivity index (χ0v) is 29.7. The van der Waals surface area contributed by atoms with Crippen LogP contribution in [0, 0.1) is 21.7 Å². The molecule has 0 unspecified atom stereocenters. The van der Waals surface area contributed by atoms with Crippen molar-refractivity contribution >= 4 is 62.0 Å². The van der Waals surface area contributed by atoms with Crippen LogP contribution in [0.2, 0.25) is 0 Å². The molecule has 0 aromatic heterocycles. The molecule has 0 aromatic carbocycles. The van der Waals surface area contributed by atoms with E-state index in [0.717, 1.165) is 0 Å². The molecule has 30 heavy (non-hydrogen) atoms. The molecule has 178 valence electrons. The molecule has 1 aliphatic heterocycles. The van der Waals surface area contributed by atoms with Crippen molar-refractivity contribution in [3.8, 4) is 0 Å². The van der Waals surface area contributed by atoms with Gasteiger partial charge < -0.3 is 0 Å². The molecule has 1 aliphatic rings. The summed E-state index contributed by atoms with van der Waals surface area (Å²) < 4.78 is 44.0.